The van der Waals surface area contributed by atoms with Crippen LogP contribution in [0.15, 0.2) is 46.9 Å². The van der Waals surface area contributed by atoms with E-state index in [-0.39, 0.29) is 11.5 Å². The minimum absolute atomic E-state index is 0.0713. The van der Waals surface area contributed by atoms with Crippen LogP contribution in [0.5, 0.6) is 11.5 Å². The molecule has 94 valence electrons. The lowest BCUT2D eigenvalue weighted by molar-refractivity contribution is 0.443. The van der Waals surface area contributed by atoms with Gasteiger partial charge in [0.25, 0.3) is 0 Å². The van der Waals surface area contributed by atoms with Crippen molar-refractivity contribution in [3.05, 3.63) is 58.1 Å². The molecule has 0 aliphatic rings. The zero-order chi connectivity index (χ0) is 13.0. The molecule has 3 N–H and O–H groups in total. The van der Waals surface area contributed by atoms with Crippen molar-refractivity contribution < 1.29 is 10.2 Å². The van der Waals surface area contributed by atoms with Gasteiger partial charge in [-0.05, 0) is 17.7 Å². The molecule has 2 aromatic rings. The van der Waals surface area contributed by atoms with Crippen LogP contribution >= 0.6 is 15.9 Å². The van der Waals surface area contributed by atoms with Gasteiger partial charge in [0.05, 0.1) is 0 Å². The van der Waals surface area contributed by atoms with Crippen molar-refractivity contribution in [2.45, 2.75) is 13.1 Å². The maximum Gasteiger partial charge on any atom is 0.123 e. The first-order valence-electron chi connectivity index (χ1n) is 5.62. The molecule has 2 rings (SSSR count). The van der Waals surface area contributed by atoms with E-state index in [1.54, 1.807) is 12.1 Å². The molecule has 0 aliphatic carbocycles. The third-order valence-corrected chi connectivity index (χ3v) is 3.43. The van der Waals surface area contributed by atoms with E-state index < -0.39 is 0 Å². The third-order valence-electron chi connectivity index (χ3n) is 2.66. The second kappa shape index (κ2) is 5.89. The summed E-state index contributed by atoms with van der Waals surface area (Å²) in [6.07, 6.45) is 0. The summed E-state index contributed by atoms with van der Waals surface area (Å²) < 4.78 is 1.06. The molecule has 0 spiro atoms. The first-order chi connectivity index (χ1) is 8.66. The smallest absolute Gasteiger partial charge is 0.123 e. The zero-order valence-electron chi connectivity index (χ0n) is 9.73. The lowest BCUT2D eigenvalue weighted by Crippen LogP contribution is -2.13. The summed E-state index contributed by atoms with van der Waals surface area (Å²) in [7, 11) is 0. The summed E-state index contributed by atoms with van der Waals surface area (Å²) in [6, 6.07) is 12.6. The second-order valence-electron chi connectivity index (χ2n) is 4.01. The first kappa shape index (κ1) is 12.9. The molecule has 0 aliphatic heterocycles. The van der Waals surface area contributed by atoms with E-state index in [0.717, 1.165) is 15.6 Å². The Morgan fingerprint density at radius 2 is 1.67 bits per heavy atom. The van der Waals surface area contributed by atoms with Gasteiger partial charge in [0, 0.05) is 29.2 Å². The van der Waals surface area contributed by atoms with Gasteiger partial charge < -0.3 is 15.5 Å². The summed E-state index contributed by atoms with van der Waals surface area (Å²) in [4.78, 5) is 0. The molecule has 0 unspecified atom stereocenters. The van der Waals surface area contributed by atoms with Gasteiger partial charge in [0.15, 0.2) is 0 Å². The van der Waals surface area contributed by atoms with E-state index in [2.05, 4.69) is 21.2 Å². The Bertz CT molecular complexity index is 543. The molecule has 0 heterocycles. The van der Waals surface area contributed by atoms with E-state index >= 15 is 0 Å². The fourth-order valence-corrected chi connectivity index (χ4v) is 2.10. The number of halogens is 1. The molecule has 2 aromatic carbocycles. The molecule has 0 atom stereocenters. The van der Waals surface area contributed by atoms with Crippen molar-refractivity contribution >= 4 is 15.9 Å². The summed E-state index contributed by atoms with van der Waals surface area (Å²) in [5.74, 6) is 0.177. The SMILES string of the molecule is Oc1ccc(CNCc2ccccc2Br)c(O)c1. The molecular formula is C14H14BrNO2. The number of phenols is 2. The third kappa shape index (κ3) is 3.24. The van der Waals surface area contributed by atoms with Gasteiger partial charge in [-0.25, -0.2) is 0 Å². The molecule has 0 saturated carbocycles. The van der Waals surface area contributed by atoms with Crippen molar-refractivity contribution in [1.29, 1.82) is 0 Å². The summed E-state index contributed by atoms with van der Waals surface area (Å²) >= 11 is 3.48. The van der Waals surface area contributed by atoms with Gasteiger partial charge in [-0.1, -0.05) is 40.2 Å². The van der Waals surface area contributed by atoms with Crippen LogP contribution in [0.3, 0.4) is 0 Å². The predicted molar refractivity (Wildman–Crippen MR) is 74.5 cm³/mol. The van der Waals surface area contributed by atoms with E-state index in [1.165, 1.54) is 6.07 Å². The van der Waals surface area contributed by atoms with Gasteiger partial charge >= 0.3 is 0 Å². The number of hydrogen-bond donors (Lipinski definition) is 3. The maximum absolute atomic E-state index is 9.63. The van der Waals surface area contributed by atoms with Gasteiger partial charge in [0.2, 0.25) is 0 Å². The number of phenolic OH excluding ortho intramolecular Hbond substituents is 2. The number of aromatic hydroxyl groups is 2. The Balaban J connectivity index is 1.95. The first-order valence-corrected chi connectivity index (χ1v) is 6.41. The van der Waals surface area contributed by atoms with Crippen molar-refractivity contribution in [2.24, 2.45) is 0 Å². The Hall–Kier alpha value is -1.52. The van der Waals surface area contributed by atoms with E-state index in [4.69, 9.17) is 0 Å². The Morgan fingerprint density at radius 1 is 0.944 bits per heavy atom. The van der Waals surface area contributed by atoms with Crippen LogP contribution in [0.2, 0.25) is 0 Å². The van der Waals surface area contributed by atoms with E-state index in [9.17, 15) is 10.2 Å². The zero-order valence-corrected chi connectivity index (χ0v) is 11.3. The molecule has 3 nitrogen and oxygen atoms in total. The van der Waals surface area contributed by atoms with E-state index in [1.807, 2.05) is 24.3 Å². The fraction of sp³-hybridized carbons (Fsp3) is 0.143. The van der Waals surface area contributed by atoms with Crippen LogP contribution in [0.1, 0.15) is 11.1 Å². The topological polar surface area (TPSA) is 52.5 Å². The average Bonchev–Trinajstić information content (AvgIpc) is 2.34. The minimum Gasteiger partial charge on any atom is -0.508 e. The molecule has 0 fully saturated rings. The lowest BCUT2D eigenvalue weighted by atomic mass is 10.2. The highest BCUT2D eigenvalue weighted by atomic mass is 79.9. The molecular weight excluding hydrogens is 294 g/mol. The van der Waals surface area contributed by atoms with Gasteiger partial charge in [-0.15, -0.1) is 0 Å². The van der Waals surface area contributed by atoms with Crippen LogP contribution < -0.4 is 5.32 Å². The predicted octanol–water partition coefficient (Wildman–Crippen LogP) is 3.15. The van der Waals surface area contributed by atoms with Gasteiger partial charge in [0.1, 0.15) is 11.5 Å². The Labute approximate surface area is 114 Å². The van der Waals surface area contributed by atoms with Crippen LogP contribution in [0.25, 0.3) is 0 Å². The number of rotatable bonds is 4. The summed E-state index contributed by atoms with van der Waals surface area (Å²) in [5, 5.41) is 22.1. The standard InChI is InChI=1S/C14H14BrNO2/c15-13-4-2-1-3-10(13)8-16-9-11-5-6-12(17)7-14(11)18/h1-7,16-18H,8-9H2. The van der Waals surface area contributed by atoms with Crippen LogP contribution in [-0.2, 0) is 13.1 Å². The molecule has 18 heavy (non-hydrogen) atoms. The molecule has 0 bridgehead atoms. The normalized spacial score (nSPS) is 10.5. The summed E-state index contributed by atoms with van der Waals surface area (Å²) in [6.45, 7) is 1.26. The molecule has 0 radical (unpaired) electrons. The fourth-order valence-electron chi connectivity index (χ4n) is 1.68. The van der Waals surface area contributed by atoms with Crippen molar-refractivity contribution in [1.82, 2.24) is 5.32 Å². The maximum atomic E-state index is 9.63. The molecule has 0 amide bonds. The highest BCUT2D eigenvalue weighted by molar-refractivity contribution is 9.10. The quantitative estimate of drug-likeness (QED) is 0.813. The average molecular weight is 308 g/mol. The highest BCUT2D eigenvalue weighted by Gasteiger charge is 2.03. The highest BCUT2D eigenvalue weighted by Crippen LogP contribution is 2.22. The van der Waals surface area contributed by atoms with Crippen LogP contribution in [-0.4, -0.2) is 10.2 Å². The van der Waals surface area contributed by atoms with E-state index in [0.29, 0.717) is 13.1 Å². The van der Waals surface area contributed by atoms with Crippen LogP contribution in [0.4, 0.5) is 0 Å². The van der Waals surface area contributed by atoms with Gasteiger partial charge in [-0.2, -0.15) is 0 Å². The van der Waals surface area contributed by atoms with Crippen LogP contribution in [0, 0.1) is 0 Å². The minimum atomic E-state index is 0.0713. The largest absolute Gasteiger partial charge is 0.508 e. The number of nitrogens with one attached hydrogen (secondary N) is 1. The monoisotopic (exact) mass is 307 g/mol. The molecule has 0 saturated heterocycles. The molecule has 4 heteroatoms. The number of benzene rings is 2. The van der Waals surface area contributed by atoms with Crippen molar-refractivity contribution in [3.8, 4) is 11.5 Å². The second-order valence-corrected chi connectivity index (χ2v) is 4.86. The van der Waals surface area contributed by atoms with Crippen molar-refractivity contribution in [2.75, 3.05) is 0 Å². The molecule has 0 aromatic heterocycles. The van der Waals surface area contributed by atoms with Gasteiger partial charge in [-0.3, -0.25) is 0 Å². The van der Waals surface area contributed by atoms with Crippen molar-refractivity contribution in [3.63, 3.8) is 0 Å². The Kier molecular flexibility index (Phi) is 4.23. The number of hydrogen-bond acceptors (Lipinski definition) is 3. The lowest BCUT2D eigenvalue weighted by Gasteiger charge is -2.08. The summed E-state index contributed by atoms with van der Waals surface area (Å²) in [5.41, 5.74) is 1.93. The Morgan fingerprint density at radius 3 is 2.39 bits per heavy atom.